The molecule has 1 fully saturated rings. The largest absolute Gasteiger partial charge is 0.441 e. The van der Waals surface area contributed by atoms with Gasteiger partial charge in [-0.15, -0.1) is 0 Å². The van der Waals surface area contributed by atoms with Gasteiger partial charge < -0.3 is 4.74 Å². The Labute approximate surface area is 266 Å². The molecule has 1 amide bonds. The SMILES string of the molecule is Cc1ccc(S(=O)(=O)N2C(=O)C(c3ccccc3)(c3ccccc3)[C@@]3(c4ccccc4)OC(=O)C(=O)C3=C2c2ccccc2)cc1. The molecular weight excluding hydrogens is 598 g/mol. The maximum absolute atomic E-state index is 15.9. The van der Waals surface area contributed by atoms with Crippen LogP contribution in [0.1, 0.15) is 27.8 Å². The van der Waals surface area contributed by atoms with E-state index in [1.807, 2.05) is 6.92 Å². The van der Waals surface area contributed by atoms with Gasteiger partial charge in [-0.1, -0.05) is 139 Å². The fraction of sp³-hybridized carbons (Fsp3) is 0.0789. The van der Waals surface area contributed by atoms with Gasteiger partial charge >= 0.3 is 5.97 Å². The minimum absolute atomic E-state index is 0.152. The molecule has 8 heteroatoms. The molecule has 0 aromatic heterocycles. The highest BCUT2D eigenvalue weighted by molar-refractivity contribution is 7.90. The van der Waals surface area contributed by atoms with Crippen molar-refractivity contribution in [3.05, 3.63) is 179 Å². The van der Waals surface area contributed by atoms with E-state index in [-0.39, 0.29) is 21.7 Å². The molecule has 1 atom stereocenters. The first-order chi connectivity index (χ1) is 22.2. The number of fused-ring (bicyclic) bond motifs is 1. The van der Waals surface area contributed by atoms with Gasteiger partial charge in [0.1, 0.15) is 5.41 Å². The molecule has 46 heavy (non-hydrogen) atoms. The van der Waals surface area contributed by atoms with Crippen LogP contribution in [0.4, 0.5) is 0 Å². The Hall–Kier alpha value is -5.60. The van der Waals surface area contributed by atoms with Crippen LogP contribution in [0.15, 0.2) is 156 Å². The second-order valence-electron chi connectivity index (χ2n) is 11.2. The van der Waals surface area contributed by atoms with Gasteiger partial charge in [0.15, 0.2) is 5.60 Å². The Bertz CT molecular complexity index is 2090. The molecule has 5 aromatic carbocycles. The molecule has 226 valence electrons. The highest BCUT2D eigenvalue weighted by atomic mass is 32.2. The van der Waals surface area contributed by atoms with Gasteiger partial charge in [-0.05, 0) is 35.7 Å². The number of ketones is 1. The quantitative estimate of drug-likeness (QED) is 0.171. The van der Waals surface area contributed by atoms with Crippen molar-refractivity contribution in [2.45, 2.75) is 22.8 Å². The molecule has 2 aliphatic heterocycles. The van der Waals surface area contributed by atoms with E-state index in [1.54, 1.807) is 133 Å². The van der Waals surface area contributed by atoms with Crippen LogP contribution < -0.4 is 0 Å². The third-order valence-electron chi connectivity index (χ3n) is 8.68. The van der Waals surface area contributed by atoms with Crippen molar-refractivity contribution in [3.8, 4) is 0 Å². The number of carbonyl (C=O) groups is 3. The van der Waals surface area contributed by atoms with Crippen LogP contribution in [0.25, 0.3) is 5.70 Å². The predicted molar refractivity (Wildman–Crippen MR) is 171 cm³/mol. The molecule has 5 aromatic rings. The lowest BCUT2D eigenvalue weighted by Crippen LogP contribution is -2.64. The second-order valence-corrected chi connectivity index (χ2v) is 13.0. The molecule has 0 aliphatic carbocycles. The summed E-state index contributed by atoms with van der Waals surface area (Å²) in [6, 6.07) is 40.2. The molecule has 0 unspecified atom stereocenters. The summed E-state index contributed by atoms with van der Waals surface area (Å²) in [5.74, 6) is -3.12. The number of rotatable bonds is 6. The first kappa shape index (κ1) is 29.1. The summed E-state index contributed by atoms with van der Waals surface area (Å²) in [5, 5.41) is 0. The van der Waals surface area contributed by atoms with Crippen LogP contribution in [0.5, 0.6) is 0 Å². The van der Waals surface area contributed by atoms with Crippen molar-refractivity contribution >= 4 is 33.4 Å². The highest BCUT2D eigenvalue weighted by Crippen LogP contribution is 2.62. The summed E-state index contributed by atoms with van der Waals surface area (Å²) in [4.78, 5) is 43.8. The molecule has 2 heterocycles. The van der Waals surface area contributed by atoms with Crippen LogP contribution >= 0.6 is 0 Å². The number of nitrogens with zero attached hydrogens (tertiary/aromatic N) is 1. The Morgan fingerprint density at radius 1 is 0.587 bits per heavy atom. The number of esters is 1. The summed E-state index contributed by atoms with van der Waals surface area (Å²) >= 11 is 0. The molecule has 7 nitrogen and oxygen atoms in total. The van der Waals surface area contributed by atoms with Crippen LogP contribution in [0.3, 0.4) is 0 Å². The number of benzene rings is 5. The lowest BCUT2D eigenvalue weighted by Gasteiger charge is -2.52. The van der Waals surface area contributed by atoms with Gasteiger partial charge in [0.2, 0.25) is 0 Å². The van der Waals surface area contributed by atoms with Crippen molar-refractivity contribution in [3.63, 3.8) is 0 Å². The molecule has 7 rings (SSSR count). The van der Waals surface area contributed by atoms with Gasteiger partial charge in [0.05, 0.1) is 16.2 Å². The molecule has 0 saturated carbocycles. The number of sulfonamides is 1. The summed E-state index contributed by atoms with van der Waals surface area (Å²) in [7, 11) is -4.69. The van der Waals surface area contributed by atoms with Crippen LogP contribution in [-0.2, 0) is 40.2 Å². The van der Waals surface area contributed by atoms with Crippen molar-refractivity contribution in [2.24, 2.45) is 0 Å². The van der Waals surface area contributed by atoms with Crippen LogP contribution in [-0.4, -0.2) is 30.4 Å². The van der Waals surface area contributed by atoms with E-state index >= 15 is 4.79 Å². The number of carbonyl (C=O) groups excluding carboxylic acids is 3. The lowest BCUT2D eigenvalue weighted by atomic mass is 9.55. The van der Waals surface area contributed by atoms with E-state index in [4.69, 9.17) is 4.74 Å². The maximum atomic E-state index is 15.9. The summed E-state index contributed by atoms with van der Waals surface area (Å²) in [6.45, 7) is 1.82. The smallest absolute Gasteiger partial charge is 0.380 e. The minimum Gasteiger partial charge on any atom is -0.441 e. The number of hydrogen-bond donors (Lipinski definition) is 0. The average Bonchev–Trinajstić information content (AvgIpc) is 3.36. The standard InChI is InChI=1S/C38H27NO6S/c1-26-22-24-31(25-23-26)46(43,44)39-33(27-14-6-2-7-15-27)32-34(40)35(41)45-38(32,30-20-12-5-13-21-30)37(36(39)42,28-16-8-3-9-17-28)29-18-10-4-11-19-29/h2-25H,1H3/t38-/m0/s1. The maximum Gasteiger partial charge on any atom is 0.380 e. The van der Waals surface area contributed by atoms with E-state index in [1.165, 1.54) is 12.1 Å². The Morgan fingerprint density at radius 3 is 1.54 bits per heavy atom. The summed E-state index contributed by atoms with van der Waals surface area (Å²) in [5.41, 5.74) is -2.53. The monoisotopic (exact) mass is 625 g/mol. The summed E-state index contributed by atoms with van der Waals surface area (Å²) < 4.78 is 36.8. The molecule has 0 bridgehead atoms. The third-order valence-corrected chi connectivity index (χ3v) is 10.4. The van der Waals surface area contributed by atoms with Crippen molar-refractivity contribution in [1.82, 2.24) is 4.31 Å². The summed E-state index contributed by atoms with van der Waals surface area (Å²) in [6.07, 6.45) is 0. The number of aryl methyl sites for hydroxylation is 1. The molecule has 0 radical (unpaired) electrons. The highest BCUT2D eigenvalue weighted by Gasteiger charge is 2.74. The van der Waals surface area contributed by atoms with Gasteiger partial charge in [-0.2, -0.15) is 0 Å². The zero-order chi connectivity index (χ0) is 32.1. The molecular formula is C38H27NO6S. The zero-order valence-corrected chi connectivity index (χ0v) is 25.5. The molecule has 0 spiro atoms. The van der Waals surface area contributed by atoms with Crippen molar-refractivity contribution < 1.29 is 27.5 Å². The average molecular weight is 626 g/mol. The Balaban J connectivity index is 1.75. The Morgan fingerprint density at radius 2 is 1.04 bits per heavy atom. The Kier molecular flexibility index (Phi) is 6.83. The van der Waals surface area contributed by atoms with Crippen LogP contribution in [0, 0.1) is 6.92 Å². The first-order valence-corrected chi connectivity index (χ1v) is 16.1. The molecule has 0 N–H and O–H groups in total. The van der Waals surface area contributed by atoms with Gasteiger partial charge in [0.25, 0.3) is 21.7 Å². The number of hydrogen-bond acceptors (Lipinski definition) is 6. The van der Waals surface area contributed by atoms with Gasteiger partial charge in [-0.25, -0.2) is 17.5 Å². The topological polar surface area (TPSA) is 97.8 Å². The lowest BCUT2D eigenvalue weighted by molar-refractivity contribution is -0.161. The first-order valence-electron chi connectivity index (χ1n) is 14.7. The number of ether oxygens (including phenoxy) is 1. The third kappa shape index (κ3) is 3.96. The van der Waals surface area contributed by atoms with E-state index < -0.39 is 38.7 Å². The fourth-order valence-electron chi connectivity index (χ4n) is 6.73. The number of amides is 1. The van der Waals surface area contributed by atoms with Gasteiger partial charge in [0, 0.05) is 5.56 Å². The van der Waals surface area contributed by atoms with Crippen molar-refractivity contribution in [2.75, 3.05) is 0 Å². The van der Waals surface area contributed by atoms with Gasteiger partial charge in [-0.3, -0.25) is 9.59 Å². The molecule has 1 saturated heterocycles. The van der Waals surface area contributed by atoms with Crippen LogP contribution in [0.2, 0.25) is 0 Å². The zero-order valence-electron chi connectivity index (χ0n) is 24.7. The normalized spacial score (nSPS) is 19.2. The second kappa shape index (κ2) is 10.8. The van der Waals surface area contributed by atoms with E-state index in [9.17, 15) is 18.0 Å². The fourth-order valence-corrected chi connectivity index (χ4v) is 8.22. The van der Waals surface area contributed by atoms with Crippen molar-refractivity contribution in [1.29, 1.82) is 0 Å². The van der Waals surface area contributed by atoms with E-state index in [0.717, 1.165) is 5.56 Å². The van der Waals surface area contributed by atoms with E-state index in [0.29, 0.717) is 21.0 Å². The van der Waals surface area contributed by atoms with E-state index in [2.05, 4.69) is 0 Å². The predicted octanol–water partition coefficient (Wildman–Crippen LogP) is 5.94. The minimum atomic E-state index is -4.69. The number of Topliss-reactive ketones (excluding diaryl/α,β-unsaturated/α-hetero) is 1. The molecule has 2 aliphatic rings.